The topological polar surface area (TPSA) is 219 Å². The normalized spacial score (nSPS) is 11.5. The fraction of sp³-hybridized carbons (Fsp3) is 0.0656. The number of hydrogen-bond acceptors (Lipinski definition) is 12. The van der Waals surface area contributed by atoms with E-state index in [0.29, 0.717) is 60.0 Å². The van der Waals surface area contributed by atoms with Crippen molar-refractivity contribution in [3.05, 3.63) is 523 Å². The molecule has 9 N–H and O–H groups in total. The smallest absolute Gasteiger partial charge is 0.537 e. The van der Waals surface area contributed by atoms with Crippen molar-refractivity contribution in [2.75, 3.05) is 34.4 Å². The molecule has 2 aliphatic rings. The number of rotatable bonds is 19. The predicted octanol–water partition coefficient (Wildman–Crippen LogP) is 23.0. The molecule has 23 heteroatoms. The zero-order valence-electron chi connectivity index (χ0n) is 79.9. The Kier molecular flexibility index (Phi) is 37.9. The van der Waals surface area contributed by atoms with Crippen LogP contribution in [0.4, 0.5) is 43.2 Å². The van der Waals surface area contributed by atoms with Crippen LogP contribution in [0.3, 0.4) is 0 Å². The first-order valence-electron chi connectivity index (χ1n) is 47.2. The summed E-state index contributed by atoms with van der Waals surface area (Å²) in [5, 5.41) is 57.9. The summed E-state index contributed by atoms with van der Waals surface area (Å²) in [5.41, 5.74) is 21.2. The molecule has 721 valence electrons. The second kappa shape index (κ2) is 52.5. The molecule has 0 saturated carbocycles. The Morgan fingerprint density at radius 2 is 0.586 bits per heavy atom. The minimum absolute atomic E-state index is 0. The van der Waals surface area contributed by atoms with Gasteiger partial charge in [-0.05, 0) is 212 Å². The summed E-state index contributed by atoms with van der Waals surface area (Å²) in [6, 6.07) is 163. The van der Waals surface area contributed by atoms with E-state index in [1.54, 1.807) is 12.1 Å². The number of nitrogens with one attached hydrogen (secondary N) is 4. The molecule has 0 bridgehead atoms. The van der Waals surface area contributed by atoms with E-state index < -0.39 is 43.3 Å². The van der Waals surface area contributed by atoms with Crippen LogP contribution in [0.15, 0.2) is 478 Å². The zero-order chi connectivity index (χ0) is 99.9. The molecule has 145 heavy (non-hydrogen) atoms. The van der Waals surface area contributed by atoms with Gasteiger partial charge in [-0.15, -0.1) is 0 Å². The zero-order valence-corrected chi connectivity index (χ0v) is 86.7. The molecule has 14 nitrogen and oxygen atoms in total. The third-order valence-electron chi connectivity index (χ3n) is 24.0. The largest absolute Gasteiger partial charge is 0.569 e. The van der Waals surface area contributed by atoms with Crippen LogP contribution in [0, 0.1) is 47.1 Å². The first-order chi connectivity index (χ1) is 70.6. The minimum Gasteiger partial charge on any atom is -0.537 e. The molecule has 20 aromatic rings. The molecular weight excluding hydrogens is 2020 g/mol. The van der Waals surface area contributed by atoms with Crippen molar-refractivity contribution in [1.82, 2.24) is 19.1 Å². The summed E-state index contributed by atoms with van der Waals surface area (Å²) in [5.74, 6) is 0.569. The van der Waals surface area contributed by atoms with Gasteiger partial charge >= 0.3 is 7.69 Å². The SMILES string of the molecule is Cc1ccc(-c2ccc3c(c2)N(c2nc(=N)n(C=N)c4cc(N)c(F)cc24)CCC3)cc1.Cc1ccc(O[B]O)cc1.N=Cn1c(=N)nc(N2CCCc3ccc(Br)cc32)c2cc(F)c(N)cc21.[Pd].c1ccc(P(c2ccccc2)c2ccccc2)cc1.c1ccc(P(c2ccccc2)c2ccccc2)cc1.c1ccc(P(c2ccccc2)c2ccccc2)cc1.c1ccc(P(c2ccccc2)c2ccccc2)cc1. The van der Waals surface area contributed by atoms with Gasteiger partial charge in [0.25, 0.3) is 0 Å². The van der Waals surface area contributed by atoms with Crippen molar-refractivity contribution in [3.63, 3.8) is 0 Å². The van der Waals surface area contributed by atoms with Gasteiger partial charge in [-0.2, -0.15) is 9.97 Å². The van der Waals surface area contributed by atoms with E-state index in [4.69, 9.17) is 42.8 Å². The van der Waals surface area contributed by atoms with Crippen molar-refractivity contribution < 1.29 is 38.9 Å². The van der Waals surface area contributed by atoms with E-state index >= 15 is 0 Å². The van der Waals surface area contributed by atoms with Crippen molar-refractivity contribution in [3.8, 4) is 16.9 Å². The van der Waals surface area contributed by atoms with Gasteiger partial charge < -0.3 is 30.9 Å². The summed E-state index contributed by atoms with van der Waals surface area (Å²) >= 11 is 3.50. The molecule has 0 amide bonds. The average molecular weight is 2130 g/mol. The Balaban J connectivity index is 0.000000129. The number of aromatic nitrogens is 4. The number of halogens is 3. The fourth-order valence-electron chi connectivity index (χ4n) is 17.1. The molecule has 0 unspecified atom stereocenters. The van der Waals surface area contributed by atoms with Crippen LogP contribution in [0.5, 0.6) is 5.75 Å². The van der Waals surface area contributed by atoms with Gasteiger partial charge in [-0.1, -0.05) is 446 Å². The van der Waals surface area contributed by atoms with Gasteiger partial charge in [0.1, 0.15) is 23.3 Å². The maximum Gasteiger partial charge on any atom is 0.569 e. The molecule has 0 atom stereocenters. The van der Waals surface area contributed by atoms with Gasteiger partial charge in [0, 0.05) is 60.1 Å². The van der Waals surface area contributed by atoms with E-state index in [1.165, 1.54) is 119 Å². The first-order valence-corrected chi connectivity index (χ1v) is 53.4. The molecule has 1 radical (unpaired) electrons. The number of fused-ring (bicyclic) bond motifs is 4. The van der Waals surface area contributed by atoms with Crippen LogP contribution < -0.4 is 101 Å². The molecule has 2 aliphatic heterocycles. The Bertz CT molecular complexity index is 6870. The number of anilines is 6. The van der Waals surface area contributed by atoms with E-state index in [9.17, 15) is 8.78 Å². The summed E-state index contributed by atoms with van der Waals surface area (Å²) in [6.07, 6.45) is 5.74. The molecule has 18 aromatic carbocycles. The molecule has 2 aromatic heterocycles. The van der Waals surface area contributed by atoms with E-state index in [0.717, 1.165) is 65.3 Å². The summed E-state index contributed by atoms with van der Waals surface area (Å²) in [6.45, 7) is 5.47. The minimum atomic E-state index is -0.541. The van der Waals surface area contributed by atoms with Crippen LogP contribution in [0.1, 0.15) is 35.1 Å². The Morgan fingerprint density at radius 3 is 0.848 bits per heavy atom. The van der Waals surface area contributed by atoms with E-state index in [2.05, 4.69) is 450 Å². The van der Waals surface area contributed by atoms with Crippen LogP contribution >= 0.6 is 47.6 Å². The maximum atomic E-state index is 14.5. The Hall–Kier alpha value is -14.7. The molecule has 0 saturated heterocycles. The fourth-order valence-corrected chi connectivity index (χ4v) is 26.7. The molecule has 0 aliphatic carbocycles. The van der Waals surface area contributed by atoms with Gasteiger partial charge in [0.2, 0.25) is 11.2 Å². The number of hydrogen-bond donors (Lipinski definition) is 7. The second-order valence-corrected chi connectivity index (χ2v) is 43.5. The van der Waals surface area contributed by atoms with Gasteiger partial charge in [0.05, 0.1) is 40.8 Å². The maximum absolute atomic E-state index is 14.5. The van der Waals surface area contributed by atoms with Gasteiger partial charge in [-0.3, -0.25) is 30.8 Å². The van der Waals surface area contributed by atoms with Crippen molar-refractivity contribution in [2.45, 2.75) is 39.5 Å². The van der Waals surface area contributed by atoms with Crippen LogP contribution in [0.2, 0.25) is 0 Å². The molecule has 0 spiro atoms. The summed E-state index contributed by atoms with van der Waals surface area (Å²) in [4.78, 5) is 12.9. The first kappa shape index (κ1) is 105. The third-order valence-corrected chi connectivity index (χ3v) is 34.3. The van der Waals surface area contributed by atoms with Crippen molar-refractivity contribution >= 4 is 188 Å². The Morgan fingerprint density at radius 1 is 0.338 bits per heavy atom. The molecule has 4 heterocycles. The quantitative estimate of drug-likeness (QED) is 0.0135. The number of benzene rings is 18. The Labute approximate surface area is 874 Å². The van der Waals surface area contributed by atoms with Crippen LogP contribution in [-0.2, 0) is 33.3 Å². The van der Waals surface area contributed by atoms with Crippen molar-refractivity contribution in [2.24, 2.45) is 0 Å². The van der Waals surface area contributed by atoms with Crippen LogP contribution in [-0.4, -0.2) is 57.6 Å². The van der Waals surface area contributed by atoms with Gasteiger partial charge in [-0.25, -0.2) is 8.78 Å². The average Bonchev–Trinajstić information content (AvgIpc) is 0.752. The van der Waals surface area contributed by atoms with Gasteiger partial charge in [0.15, 0.2) is 0 Å². The number of aryl methyl sites for hydroxylation is 4. The summed E-state index contributed by atoms with van der Waals surface area (Å²) in [7, 11) is -1.11. The molecular formula is C122H107BBrF2N12O2P4Pd. The summed E-state index contributed by atoms with van der Waals surface area (Å²) < 4.78 is 36.9. The standard InChI is InChI=1S/C25H23FN6.C18H16BrFN6.4C18H15P.C7H8BO2.Pd/c1-15-4-6-16(7-5-15)18-9-8-17-3-2-10-31(22(17)11-18)24-19-12-20(26)21(28)13-23(19)32(14-27)25(29)30-24;19-11-4-3-10-2-1-5-25(15(10)6-11)17-12-7-13(20)14(22)8-16(12)26(9-21)18(23)24-17;4*1-4-10-16(11-5-1)19(17-12-6-2-7-13-17)18-14-8-3-9-15-18;1-6-2-4-7(5-3-6)10-8-9;/h4-9,11-14,27,29H,2-3,10,28H2,1H3;3-4,6-9,21,23H,1-2,5,22H2;4*1-15H;2-5,9H,1H3;. The van der Waals surface area contributed by atoms with Crippen molar-refractivity contribution in [1.29, 1.82) is 21.6 Å². The number of nitrogen functional groups attached to an aromatic ring is 2. The molecule has 22 rings (SSSR count). The third kappa shape index (κ3) is 27.1. The molecule has 0 fully saturated rings. The number of nitrogens with zero attached hydrogens (tertiary/aromatic N) is 6. The van der Waals surface area contributed by atoms with E-state index in [-0.39, 0.29) is 43.0 Å². The number of nitrogens with two attached hydrogens (primary N) is 2. The van der Waals surface area contributed by atoms with E-state index in [1.807, 2.05) is 36.1 Å². The van der Waals surface area contributed by atoms with Crippen LogP contribution in [0.25, 0.3) is 32.9 Å². The second-order valence-electron chi connectivity index (χ2n) is 33.7. The predicted molar refractivity (Wildman–Crippen MR) is 610 cm³/mol. The monoisotopic (exact) mass is 2130 g/mol.